The minimum absolute atomic E-state index is 0.505. The number of rotatable bonds is 1. The summed E-state index contributed by atoms with van der Waals surface area (Å²) in [6.45, 7) is 2.12. The Hall–Kier alpha value is -0.580. The molecule has 1 N–H and O–H groups in total. The third-order valence-corrected chi connectivity index (χ3v) is 4.03. The first kappa shape index (κ1) is 11.5. The lowest BCUT2D eigenvalue weighted by Crippen LogP contribution is -2.27. The maximum atomic E-state index is 6.19. The highest BCUT2D eigenvalue weighted by atomic mass is 79.9. The molecule has 2 aromatic rings. The van der Waals surface area contributed by atoms with E-state index in [2.05, 4.69) is 30.6 Å². The van der Waals surface area contributed by atoms with Gasteiger partial charge in [0.1, 0.15) is 5.82 Å². The van der Waals surface area contributed by atoms with Gasteiger partial charge in [-0.1, -0.05) is 11.6 Å². The largest absolute Gasteiger partial charge is 0.317 e. The Morgan fingerprint density at radius 1 is 1.35 bits per heavy atom. The number of fused-ring (bicyclic) bond motifs is 1. The Bertz CT molecular complexity index is 546. The van der Waals surface area contributed by atoms with Gasteiger partial charge in [-0.2, -0.15) is 0 Å². The first-order valence-electron chi connectivity index (χ1n) is 5.79. The summed E-state index contributed by atoms with van der Waals surface area (Å²) >= 11 is 9.68. The van der Waals surface area contributed by atoms with Crippen molar-refractivity contribution in [3.05, 3.63) is 33.8 Å². The van der Waals surface area contributed by atoms with Gasteiger partial charge in [-0.15, -0.1) is 0 Å². The van der Waals surface area contributed by atoms with Crippen molar-refractivity contribution in [3.63, 3.8) is 0 Å². The smallest absolute Gasteiger partial charge is 0.155 e. The summed E-state index contributed by atoms with van der Waals surface area (Å²) in [5.41, 5.74) is 0.989. The minimum Gasteiger partial charge on any atom is -0.317 e. The van der Waals surface area contributed by atoms with Crippen LogP contribution in [0.3, 0.4) is 0 Å². The van der Waals surface area contributed by atoms with Crippen LogP contribution < -0.4 is 5.32 Å². The Morgan fingerprint density at radius 3 is 2.88 bits per heavy atom. The number of aromatic nitrogens is 2. The van der Waals surface area contributed by atoms with Crippen molar-refractivity contribution >= 4 is 33.0 Å². The molecule has 0 spiro atoms. The van der Waals surface area contributed by atoms with Crippen LogP contribution in [0.25, 0.3) is 5.52 Å². The maximum Gasteiger partial charge on any atom is 0.155 e. The third kappa shape index (κ3) is 2.09. The predicted molar refractivity (Wildman–Crippen MR) is 72.7 cm³/mol. The Kier molecular flexibility index (Phi) is 3.11. The topological polar surface area (TPSA) is 29.3 Å². The SMILES string of the molecule is Clc1nc(C2CCNCC2)n2cc(Br)ccc12. The first-order chi connectivity index (χ1) is 8.25. The van der Waals surface area contributed by atoms with Crippen LogP contribution in [0, 0.1) is 0 Å². The molecule has 5 heteroatoms. The van der Waals surface area contributed by atoms with E-state index in [0.29, 0.717) is 11.1 Å². The minimum atomic E-state index is 0.505. The Labute approximate surface area is 113 Å². The van der Waals surface area contributed by atoms with E-state index >= 15 is 0 Å². The van der Waals surface area contributed by atoms with Gasteiger partial charge in [-0.25, -0.2) is 4.98 Å². The molecule has 0 amide bonds. The van der Waals surface area contributed by atoms with Gasteiger partial charge in [0.05, 0.1) is 5.52 Å². The second-order valence-electron chi connectivity index (χ2n) is 4.39. The standard InChI is InChI=1S/C12H13BrClN3/c13-9-1-2-10-11(14)16-12(17(10)7-9)8-3-5-15-6-4-8/h1-2,7-8,15H,3-6H2. The normalized spacial score (nSPS) is 17.8. The molecule has 90 valence electrons. The molecule has 0 unspecified atom stereocenters. The molecule has 0 atom stereocenters. The number of imidazole rings is 1. The van der Waals surface area contributed by atoms with E-state index in [1.807, 2.05) is 18.3 Å². The van der Waals surface area contributed by atoms with E-state index in [9.17, 15) is 0 Å². The highest BCUT2D eigenvalue weighted by molar-refractivity contribution is 9.10. The predicted octanol–water partition coefficient (Wildman–Crippen LogP) is 3.22. The monoisotopic (exact) mass is 313 g/mol. The highest BCUT2D eigenvalue weighted by Gasteiger charge is 2.21. The summed E-state index contributed by atoms with van der Waals surface area (Å²) in [5.74, 6) is 1.60. The number of hydrogen-bond donors (Lipinski definition) is 1. The lowest BCUT2D eigenvalue weighted by atomic mass is 9.97. The van der Waals surface area contributed by atoms with Crippen LogP contribution >= 0.6 is 27.5 Å². The average Bonchev–Trinajstić information content (AvgIpc) is 2.67. The lowest BCUT2D eigenvalue weighted by Gasteiger charge is -2.21. The quantitative estimate of drug-likeness (QED) is 0.876. The summed E-state index contributed by atoms with van der Waals surface area (Å²) in [6, 6.07) is 4.00. The van der Waals surface area contributed by atoms with E-state index in [1.54, 1.807) is 0 Å². The van der Waals surface area contributed by atoms with E-state index < -0.39 is 0 Å². The molecule has 1 aliphatic rings. The molecule has 0 aromatic carbocycles. The Morgan fingerprint density at radius 2 is 2.12 bits per heavy atom. The van der Waals surface area contributed by atoms with Crippen molar-refractivity contribution in [2.24, 2.45) is 0 Å². The summed E-state index contributed by atoms with van der Waals surface area (Å²) in [7, 11) is 0. The van der Waals surface area contributed by atoms with Gasteiger partial charge in [0.15, 0.2) is 5.15 Å². The third-order valence-electron chi connectivity index (χ3n) is 3.29. The molecule has 1 saturated heterocycles. The van der Waals surface area contributed by atoms with E-state index in [0.717, 1.165) is 41.7 Å². The molecule has 3 nitrogen and oxygen atoms in total. The second kappa shape index (κ2) is 4.59. The van der Waals surface area contributed by atoms with Crippen LogP contribution in [-0.4, -0.2) is 22.5 Å². The number of halogens is 2. The summed E-state index contributed by atoms with van der Waals surface area (Å²) < 4.78 is 3.16. The van der Waals surface area contributed by atoms with Crippen molar-refractivity contribution in [2.45, 2.75) is 18.8 Å². The lowest BCUT2D eigenvalue weighted by molar-refractivity contribution is 0.444. The fraction of sp³-hybridized carbons (Fsp3) is 0.417. The molecule has 0 radical (unpaired) electrons. The van der Waals surface area contributed by atoms with Gasteiger partial charge in [-0.05, 0) is 54.0 Å². The summed E-state index contributed by atoms with van der Waals surface area (Å²) in [5, 5.41) is 3.97. The van der Waals surface area contributed by atoms with Gasteiger partial charge >= 0.3 is 0 Å². The molecular weight excluding hydrogens is 302 g/mol. The van der Waals surface area contributed by atoms with Gasteiger partial charge in [0.2, 0.25) is 0 Å². The molecule has 0 aliphatic carbocycles. The molecule has 17 heavy (non-hydrogen) atoms. The molecule has 0 bridgehead atoms. The number of piperidine rings is 1. The molecule has 3 heterocycles. The molecule has 1 fully saturated rings. The van der Waals surface area contributed by atoms with Crippen molar-refractivity contribution in [3.8, 4) is 0 Å². The van der Waals surface area contributed by atoms with E-state index in [-0.39, 0.29) is 0 Å². The zero-order valence-corrected chi connectivity index (χ0v) is 11.6. The van der Waals surface area contributed by atoms with Crippen LogP contribution in [0.5, 0.6) is 0 Å². The highest BCUT2D eigenvalue weighted by Crippen LogP contribution is 2.29. The Balaban J connectivity index is 2.11. The fourth-order valence-corrected chi connectivity index (χ4v) is 2.99. The van der Waals surface area contributed by atoms with Crippen molar-refractivity contribution in [1.29, 1.82) is 0 Å². The van der Waals surface area contributed by atoms with Gasteiger partial charge in [0, 0.05) is 16.6 Å². The van der Waals surface area contributed by atoms with Gasteiger partial charge in [-0.3, -0.25) is 0 Å². The molecular formula is C12H13BrClN3. The zero-order valence-electron chi connectivity index (χ0n) is 9.29. The van der Waals surface area contributed by atoms with E-state index in [1.165, 1.54) is 0 Å². The van der Waals surface area contributed by atoms with Crippen molar-refractivity contribution in [2.75, 3.05) is 13.1 Å². The fourth-order valence-electron chi connectivity index (χ4n) is 2.41. The summed E-state index contributed by atoms with van der Waals surface area (Å²) in [6.07, 6.45) is 4.30. The number of nitrogens with zero attached hydrogens (tertiary/aromatic N) is 2. The maximum absolute atomic E-state index is 6.19. The molecule has 0 saturated carbocycles. The van der Waals surface area contributed by atoms with Crippen molar-refractivity contribution < 1.29 is 0 Å². The second-order valence-corrected chi connectivity index (χ2v) is 5.66. The molecule has 2 aromatic heterocycles. The van der Waals surface area contributed by atoms with Crippen LogP contribution in [0.1, 0.15) is 24.6 Å². The molecule has 3 rings (SSSR count). The number of nitrogens with one attached hydrogen (secondary N) is 1. The van der Waals surface area contributed by atoms with Crippen LogP contribution in [0.4, 0.5) is 0 Å². The van der Waals surface area contributed by atoms with Gasteiger partial charge in [0.25, 0.3) is 0 Å². The average molecular weight is 315 g/mol. The first-order valence-corrected chi connectivity index (χ1v) is 6.96. The van der Waals surface area contributed by atoms with Crippen LogP contribution in [0.15, 0.2) is 22.8 Å². The zero-order chi connectivity index (χ0) is 11.8. The molecule has 1 aliphatic heterocycles. The van der Waals surface area contributed by atoms with Crippen LogP contribution in [-0.2, 0) is 0 Å². The van der Waals surface area contributed by atoms with E-state index in [4.69, 9.17) is 11.6 Å². The number of hydrogen-bond acceptors (Lipinski definition) is 2. The van der Waals surface area contributed by atoms with Crippen molar-refractivity contribution in [1.82, 2.24) is 14.7 Å². The van der Waals surface area contributed by atoms with Crippen LogP contribution in [0.2, 0.25) is 5.15 Å². The number of pyridine rings is 1. The van der Waals surface area contributed by atoms with Gasteiger partial charge < -0.3 is 9.72 Å². The summed E-state index contributed by atoms with van der Waals surface area (Å²) in [4.78, 5) is 4.53.